The molecule has 1 fully saturated rings. The zero-order valence-corrected chi connectivity index (χ0v) is 16.2. The van der Waals surface area contributed by atoms with Crippen molar-refractivity contribution >= 4 is 35.1 Å². The zero-order chi connectivity index (χ0) is 20.1. The number of amides is 2. The second-order valence-corrected chi connectivity index (χ2v) is 7.20. The van der Waals surface area contributed by atoms with Crippen LogP contribution in [-0.4, -0.2) is 35.8 Å². The van der Waals surface area contributed by atoms with Gasteiger partial charge in [-0.2, -0.15) is 0 Å². The molecule has 0 aliphatic carbocycles. The summed E-state index contributed by atoms with van der Waals surface area (Å²) in [7, 11) is 0. The van der Waals surface area contributed by atoms with Crippen LogP contribution in [0.5, 0.6) is 0 Å². The summed E-state index contributed by atoms with van der Waals surface area (Å²) in [6, 6.07) is 14.7. The van der Waals surface area contributed by atoms with Crippen molar-refractivity contribution in [3.8, 4) is 0 Å². The molecule has 0 aromatic heterocycles. The van der Waals surface area contributed by atoms with Crippen molar-refractivity contribution in [2.24, 2.45) is 5.92 Å². The number of esters is 1. The smallest absolute Gasteiger partial charge is 0.311 e. The van der Waals surface area contributed by atoms with Gasteiger partial charge in [-0.25, -0.2) is 0 Å². The Morgan fingerprint density at radius 2 is 1.89 bits per heavy atom. The molecule has 7 heteroatoms. The van der Waals surface area contributed by atoms with Crippen LogP contribution in [0.15, 0.2) is 48.5 Å². The normalized spacial score (nSPS) is 16.1. The van der Waals surface area contributed by atoms with E-state index in [2.05, 4.69) is 5.32 Å². The van der Waals surface area contributed by atoms with E-state index in [0.717, 1.165) is 11.1 Å². The van der Waals surface area contributed by atoms with Crippen molar-refractivity contribution in [1.29, 1.82) is 0 Å². The molecule has 28 heavy (non-hydrogen) atoms. The molecule has 0 radical (unpaired) electrons. The maximum absolute atomic E-state index is 12.3. The van der Waals surface area contributed by atoms with E-state index in [9.17, 15) is 14.4 Å². The van der Waals surface area contributed by atoms with Gasteiger partial charge in [0.2, 0.25) is 5.91 Å². The molecule has 0 bridgehead atoms. The van der Waals surface area contributed by atoms with Crippen molar-refractivity contribution in [1.82, 2.24) is 4.90 Å². The quantitative estimate of drug-likeness (QED) is 0.755. The van der Waals surface area contributed by atoms with Gasteiger partial charge in [0.15, 0.2) is 6.61 Å². The Hall–Kier alpha value is -2.86. The Kier molecular flexibility index (Phi) is 6.31. The van der Waals surface area contributed by atoms with Gasteiger partial charge in [-0.3, -0.25) is 14.4 Å². The Labute approximate surface area is 168 Å². The number of hydrogen-bond donors (Lipinski definition) is 1. The fourth-order valence-electron chi connectivity index (χ4n) is 3.00. The summed E-state index contributed by atoms with van der Waals surface area (Å²) in [6.45, 7) is 2.32. The first-order valence-electron chi connectivity index (χ1n) is 8.96. The number of hydrogen-bond acceptors (Lipinski definition) is 4. The minimum atomic E-state index is -0.564. The van der Waals surface area contributed by atoms with E-state index >= 15 is 0 Å². The minimum Gasteiger partial charge on any atom is -0.455 e. The number of nitrogens with one attached hydrogen (secondary N) is 1. The molecule has 0 unspecified atom stereocenters. The predicted molar refractivity (Wildman–Crippen MR) is 106 cm³/mol. The molecule has 2 aromatic carbocycles. The second-order valence-electron chi connectivity index (χ2n) is 6.80. The number of benzene rings is 2. The number of ether oxygens (including phenoxy) is 1. The molecule has 6 nitrogen and oxygen atoms in total. The van der Waals surface area contributed by atoms with Crippen molar-refractivity contribution in [3.63, 3.8) is 0 Å². The van der Waals surface area contributed by atoms with Crippen molar-refractivity contribution in [3.05, 3.63) is 64.7 Å². The number of carbonyl (C=O) groups excluding carboxylic acids is 3. The van der Waals surface area contributed by atoms with Crippen LogP contribution in [0.1, 0.15) is 17.5 Å². The van der Waals surface area contributed by atoms with Gasteiger partial charge in [0.1, 0.15) is 0 Å². The van der Waals surface area contributed by atoms with Crippen LogP contribution in [0.2, 0.25) is 5.02 Å². The lowest BCUT2D eigenvalue weighted by Gasteiger charge is -2.16. The van der Waals surface area contributed by atoms with E-state index in [1.165, 1.54) is 0 Å². The van der Waals surface area contributed by atoms with Gasteiger partial charge in [-0.05, 0) is 24.6 Å². The molecule has 1 atom stereocenters. The zero-order valence-electron chi connectivity index (χ0n) is 15.5. The fraction of sp³-hybridized carbons (Fsp3) is 0.286. The molecule has 1 saturated heterocycles. The standard InChI is InChI=1S/C21H21ClN2O4/c1-14-6-8-15(9-7-14)11-24-12-16(10-20(24)26)21(27)28-13-19(25)23-18-5-3-2-4-17(18)22/h2-9,16H,10-13H2,1H3,(H,23,25)/t16-/m1/s1. The van der Waals surface area contributed by atoms with Crippen LogP contribution in [0.25, 0.3) is 0 Å². The topological polar surface area (TPSA) is 75.7 Å². The number of nitrogens with zero attached hydrogens (tertiary/aromatic N) is 1. The average Bonchev–Trinajstić information content (AvgIpc) is 3.04. The average molecular weight is 401 g/mol. The predicted octanol–water partition coefficient (Wildman–Crippen LogP) is 3.18. The summed E-state index contributed by atoms with van der Waals surface area (Å²) in [5, 5.41) is 2.98. The summed E-state index contributed by atoms with van der Waals surface area (Å²) in [4.78, 5) is 38.0. The molecular weight excluding hydrogens is 380 g/mol. The van der Waals surface area contributed by atoms with E-state index in [4.69, 9.17) is 16.3 Å². The van der Waals surface area contributed by atoms with Gasteiger partial charge in [0.25, 0.3) is 5.91 Å². The molecule has 1 heterocycles. The monoisotopic (exact) mass is 400 g/mol. The third-order valence-corrected chi connectivity index (χ3v) is 4.86. The Balaban J connectivity index is 1.48. The molecule has 2 amide bonds. The van der Waals surface area contributed by atoms with Crippen LogP contribution in [0.3, 0.4) is 0 Å². The fourth-order valence-corrected chi connectivity index (χ4v) is 3.18. The summed E-state index contributed by atoms with van der Waals surface area (Å²) < 4.78 is 5.09. The van der Waals surface area contributed by atoms with E-state index in [1.54, 1.807) is 29.2 Å². The van der Waals surface area contributed by atoms with Crippen LogP contribution < -0.4 is 5.32 Å². The van der Waals surface area contributed by atoms with E-state index in [-0.39, 0.29) is 18.9 Å². The molecule has 0 saturated carbocycles. The number of anilines is 1. The second kappa shape index (κ2) is 8.89. The Morgan fingerprint density at radius 3 is 2.61 bits per heavy atom. The summed E-state index contributed by atoms with van der Waals surface area (Å²) in [6.07, 6.45) is 0.0941. The van der Waals surface area contributed by atoms with Crippen LogP contribution in [0.4, 0.5) is 5.69 Å². The number of carbonyl (C=O) groups is 3. The van der Waals surface area contributed by atoms with E-state index < -0.39 is 24.4 Å². The van der Waals surface area contributed by atoms with Gasteiger partial charge in [-0.15, -0.1) is 0 Å². The van der Waals surface area contributed by atoms with E-state index in [1.807, 2.05) is 31.2 Å². The van der Waals surface area contributed by atoms with Gasteiger partial charge in [-0.1, -0.05) is 53.6 Å². The summed E-state index contributed by atoms with van der Waals surface area (Å²) in [5.41, 5.74) is 2.60. The molecular formula is C21H21ClN2O4. The van der Waals surface area contributed by atoms with Gasteiger partial charge in [0, 0.05) is 19.5 Å². The van der Waals surface area contributed by atoms with E-state index in [0.29, 0.717) is 17.3 Å². The number of para-hydroxylation sites is 1. The van der Waals surface area contributed by atoms with Crippen molar-refractivity contribution in [2.45, 2.75) is 19.9 Å². The largest absolute Gasteiger partial charge is 0.455 e. The third-order valence-electron chi connectivity index (χ3n) is 4.54. The first kappa shape index (κ1) is 19.9. The van der Waals surface area contributed by atoms with Crippen molar-refractivity contribution < 1.29 is 19.1 Å². The highest BCUT2D eigenvalue weighted by atomic mass is 35.5. The van der Waals surface area contributed by atoms with Gasteiger partial charge < -0.3 is 15.0 Å². The Bertz CT molecular complexity index is 882. The van der Waals surface area contributed by atoms with Gasteiger partial charge in [0.05, 0.1) is 16.6 Å². The molecule has 1 N–H and O–H groups in total. The van der Waals surface area contributed by atoms with Crippen molar-refractivity contribution in [2.75, 3.05) is 18.5 Å². The first-order chi connectivity index (χ1) is 13.4. The molecule has 2 aromatic rings. The number of halogens is 1. The highest BCUT2D eigenvalue weighted by Crippen LogP contribution is 2.22. The molecule has 3 rings (SSSR count). The maximum Gasteiger partial charge on any atom is 0.311 e. The van der Waals surface area contributed by atoms with Gasteiger partial charge >= 0.3 is 5.97 Å². The Morgan fingerprint density at radius 1 is 1.18 bits per heavy atom. The number of likely N-dealkylation sites (tertiary alicyclic amines) is 1. The summed E-state index contributed by atoms with van der Waals surface area (Å²) >= 11 is 5.98. The molecule has 146 valence electrons. The lowest BCUT2D eigenvalue weighted by molar-refractivity contribution is -0.151. The molecule has 1 aliphatic heterocycles. The lowest BCUT2D eigenvalue weighted by Crippen LogP contribution is -2.28. The van der Waals surface area contributed by atoms with Crippen LogP contribution in [-0.2, 0) is 25.7 Å². The molecule has 0 spiro atoms. The lowest BCUT2D eigenvalue weighted by atomic mass is 10.1. The highest BCUT2D eigenvalue weighted by Gasteiger charge is 2.35. The molecule has 1 aliphatic rings. The number of aryl methyl sites for hydroxylation is 1. The first-order valence-corrected chi connectivity index (χ1v) is 9.34. The van der Waals surface area contributed by atoms with Crippen LogP contribution >= 0.6 is 11.6 Å². The minimum absolute atomic E-state index is 0.0941. The SMILES string of the molecule is Cc1ccc(CN2C[C@H](C(=O)OCC(=O)Nc3ccccc3Cl)CC2=O)cc1. The summed E-state index contributed by atoms with van der Waals surface area (Å²) in [5.74, 6) is -1.69. The highest BCUT2D eigenvalue weighted by molar-refractivity contribution is 6.33. The number of rotatable bonds is 6. The third kappa shape index (κ3) is 5.10. The van der Waals surface area contributed by atoms with Crippen LogP contribution in [0, 0.1) is 12.8 Å². The maximum atomic E-state index is 12.3.